The van der Waals surface area contributed by atoms with Gasteiger partial charge in [0.2, 0.25) is 0 Å². The summed E-state index contributed by atoms with van der Waals surface area (Å²) in [5.41, 5.74) is 1.01. The van der Waals surface area contributed by atoms with Crippen molar-refractivity contribution < 1.29 is 4.79 Å². The van der Waals surface area contributed by atoms with Crippen molar-refractivity contribution in [3.63, 3.8) is 0 Å². The van der Waals surface area contributed by atoms with Gasteiger partial charge in [0.25, 0.3) is 5.56 Å². The van der Waals surface area contributed by atoms with Gasteiger partial charge in [-0.25, -0.2) is 4.79 Å². The highest BCUT2D eigenvalue weighted by atomic mass is 16.2. The molecule has 0 fully saturated rings. The van der Waals surface area contributed by atoms with Crippen LogP contribution in [0.1, 0.15) is 21.5 Å². The fourth-order valence-corrected chi connectivity index (χ4v) is 1.72. The molecule has 5 heteroatoms. The SMILES string of the molecule is Cc1ccc(C(=O)Cn2cc(C)c(=O)[nH]c2=O)cc1. The fraction of sp³-hybridized carbons (Fsp3) is 0.214. The third-order valence-corrected chi connectivity index (χ3v) is 2.88. The molecule has 19 heavy (non-hydrogen) atoms. The van der Waals surface area contributed by atoms with E-state index in [-0.39, 0.29) is 12.3 Å². The average molecular weight is 258 g/mol. The van der Waals surface area contributed by atoms with Crippen LogP contribution in [0.5, 0.6) is 0 Å². The summed E-state index contributed by atoms with van der Waals surface area (Å²) in [6, 6.07) is 7.13. The van der Waals surface area contributed by atoms with Crippen LogP contribution in [0, 0.1) is 13.8 Å². The Kier molecular flexibility index (Phi) is 3.46. The standard InChI is InChI=1S/C14H14N2O3/c1-9-3-5-11(6-4-9)12(17)8-16-7-10(2)13(18)15-14(16)19/h3-7H,8H2,1-2H3,(H,15,18,19). The first-order chi connectivity index (χ1) is 8.97. The van der Waals surface area contributed by atoms with Crippen molar-refractivity contribution in [3.8, 4) is 0 Å². The summed E-state index contributed by atoms with van der Waals surface area (Å²) < 4.78 is 1.21. The Labute approximate surface area is 109 Å². The molecule has 5 nitrogen and oxygen atoms in total. The maximum Gasteiger partial charge on any atom is 0.328 e. The number of ketones is 1. The molecule has 0 aliphatic carbocycles. The molecular formula is C14H14N2O3. The molecule has 0 saturated heterocycles. The first-order valence-electron chi connectivity index (χ1n) is 5.87. The Hall–Kier alpha value is -2.43. The van der Waals surface area contributed by atoms with Crippen molar-refractivity contribution in [2.75, 3.05) is 0 Å². The summed E-state index contributed by atoms with van der Waals surface area (Å²) >= 11 is 0. The number of aryl methyl sites for hydroxylation is 2. The van der Waals surface area contributed by atoms with Gasteiger partial charge in [-0.1, -0.05) is 29.8 Å². The summed E-state index contributed by atoms with van der Waals surface area (Å²) in [5.74, 6) is -0.173. The molecule has 0 bridgehead atoms. The minimum absolute atomic E-state index is 0.0838. The molecule has 0 atom stereocenters. The minimum Gasteiger partial charge on any atom is -0.293 e. The smallest absolute Gasteiger partial charge is 0.293 e. The lowest BCUT2D eigenvalue weighted by Gasteiger charge is -2.05. The Morgan fingerprint density at radius 2 is 1.79 bits per heavy atom. The van der Waals surface area contributed by atoms with Gasteiger partial charge in [-0.3, -0.25) is 19.1 Å². The molecule has 0 saturated carbocycles. The molecule has 1 heterocycles. The largest absolute Gasteiger partial charge is 0.328 e. The van der Waals surface area contributed by atoms with Gasteiger partial charge in [-0.05, 0) is 13.8 Å². The number of nitrogens with zero attached hydrogens (tertiary/aromatic N) is 1. The Bertz CT molecular complexity index is 724. The van der Waals surface area contributed by atoms with E-state index in [1.807, 2.05) is 19.1 Å². The van der Waals surface area contributed by atoms with Gasteiger partial charge in [0.15, 0.2) is 5.78 Å². The lowest BCUT2D eigenvalue weighted by Crippen LogP contribution is -2.32. The molecule has 0 unspecified atom stereocenters. The van der Waals surface area contributed by atoms with Gasteiger partial charge < -0.3 is 0 Å². The summed E-state index contributed by atoms with van der Waals surface area (Å²) in [5, 5.41) is 0. The van der Waals surface area contributed by atoms with E-state index in [0.29, 0.717) is 11.1 Å². The zero-order chi connectivity index (χ0) is 14.0. The second kappa shape index (κ2) is 5.06. The molecule has 0 aliphatic rings. The number of aromatic nitrogens is 2. The van der Waals surface area contributed by atoms with E-state index in [0.717, 1.165) is 5.56 Å². The van der Waals surface area contributed by atoms with Crippen LogP contribution in [-0.4, -0.2) is 15.3 Å². The summed E-state index contributed by atoms with van der Waals surface area (Å²) in [6.45, 7) is 3.44. The highest BCUT2D eigenvalue weighted by Crippen LogP contribution is 2.04. The van der Waals surface area contributed by atoms with Crippen LogP contribution in [0.25, 0.3) is 0 Å². The van der Waals surface area contributed by atoms with Crippen molar-refractivity contribution >= 4 is 5.78 Å². The molecule has 1 aromatic heterocycles. The zero-order valence-electron chi connectivity index (χ0n) is 10.8. The van der Waals surface area contributed by atoms with Crippen LogP contribution in [0.15, 0.2) is 40.1 Å². The van der Waals surface area contributed by atoms with Crippen LogP contribution >= 0.6 is 0 Å². The summed E-state index contributed by atoms with van der Waals surface area (Å²) in [7, 11) is 0. The number of carbonyl (C=O) groups is 1. The predicted octanol–water partition coefficient (Wildman–Crippen LogP) is 1.04. The van der Waals surface area contributed by atoms with Crippen LogP contribution in [-0.2, 0) is 6.54 Å². The molecule has 1 N–H and O–H groups in total. The lowest BCUT2D eigenvalue weighted by atomic mass is 10.1. The normalized spacial score (nSPS) is 10.4. The van der Waals surface area contributed by atoms with Crippen molar-refractivity contribution in [1.29, 1.82) is 0 Å². The number of nitrogens with one attached hydrogen (secondary N) is 1. The first kappa shape index (κ1) is 13.0. The van der Waals surface area contributed by atoms with E-state index in [1.54, 1.807) is 19.1 Å². The maximum atomic E-state index is 12.0. The molecule has 2 aromatic rings. The zero-order valence-corrected chi connectivity index (χ0v) is 10.8. The van der Waals surface area contributed by atoms with Crippen LogP contribution in [0.3, 0.4) is 0 Å². The fourth-order valence-electron chi connectivity index (χ4n) is 1.72. The average Bonchev–Trinajstić information content (AvgIpc) is 2.36. The number of Topliss-reactive ketones (excluding diaryl/α,β-unsaturated/α-hetero) is 1. The maximum absolute atomic E-state index is 12.0. The van der Waals surface area contributed by atoms with E-state index in [1.165, 1.54) is 10.8 Å². The highest BCUT2D eigenvalue weighted by molar-refractivity contribution is 5.95. The van der Waals surface area contributed by atoms with Gasteiger partial charge in [0.1, 0.15) is 0 Å². The summed E-state index contributed by atoms with van der Waals surface area (Å²) in [6.07, 6.45) is 1.40. The molecule has 98 valence electrons. The molecule has 1 aromatic carbocycles. The van der Waals surface area contributed by atoms with Gasteiger partial charge in [0.05, 0.1) is 6.54 Å². The molecule has 0 radical (unpaired) electrons. The van der Waals surface area contributed by atoms with Crippen molar-refractivity contribution in [1.82, 2.24) is 9.55 Å². The predicted molar refractivity (Wildman–Crippen MR) is 71.6 cm³/mol. The lowest BCUT2D eigenvalue weighted by molar-refractivity contribution is 0.0970. The Balaban J connectivity index is 2.29. The molecular weight excluding hydrogens is 244 g/mol. The third kappa shape index (κ3) is 2.88. The monoisotopic (exact) mass is 258 g/mol. The minimum atomic E-state index is -0.573. The van der Waals surface area contributed by atoms with Crippen LogP contribution < -0.4 is 11.2 Å². The number of H-pyrrole nitrogens is 1. The van der Waals surface area contributed by atoms with Gasteiger partial charge in [-0.15, -0.1) is 0 Å². The number of aromatic amines is 1. The number of rotatable bonds is 3. The number of benzene rings is 1. The quantitative estimate of drug-likeness (QED) is 0.836. The van der Waals surface area contributed by atoms with E-state index < -0.39 is 11.2 Å². The molecule has 0 spiro atoms. The second-order valence-electron chi connectivity index (χ2n) is 4.49. The van der Waals surface area contributed by atoms with Crippen LogP contribution in [0.2, 0.25) is 0 Å². The number of hydrogen-bond acceptors (Lipinski definition) is 3. The number of hydrogen-bond donors (Lipinski definition) is 1. The second-order valence-corrected chi connectivity index (χ2v) is 4.49. The van der Waals surface area contributed by atoms with E-state index in [2.05, 4.69) is 4.98 Å². The van der Waals surface area contributed by atoms with Crippen molar-refractivity contribution in [2.45, 2.75) is 20.4 Å². The molecule has 2 rings (SSSR count). The topological polar surface area (TPSA) is 71.9 Å². The van der Waals surface area contributed by atoms with Gasteiger partial charge in [0, 0.05) is 17.3 Å². The van der Waals surface area contributed by atoms with E-state index >= 15 is 0 Å². The summed E-state index contributed by atoms with van der Waals surface area (Å²) in [4.78, 5) is 37.0. The molecule has 0 aliphatic heterocycles. The van der Waals surface area contributed by atoms with E-state index in [4.69, 9.17) is 0 Å². The van der Waals surface area contributed by atoms with Gasteiger partial charge >= 0.3 is 5.69 Å². The number of carbonyl (C=O) groups excluding carboxylic acids is 1. The third-order valence-electron chi connectivity index (χ3n) is 2.88. The van der Waals surface area contributed by atoms with Gasteiger partial charge in [-0.2, -0.15) is 0 Å². The molecule has 0 amide bonds. The Morgan fingerprint density at radius 3 is 2.42 bits per heavy atom. The van der Waals surface area contributed by atoms with Crippen LogP contribution in [0.4, 0.5) is 0 Å². The van der Waals surface area contributed by atoms with E-state index in [9.17, 15) is 14.4 Å². The first-order valence-corrected chi connectivity index (χ1v) is 5.87. The Morgan fingerprint density at radius 1 is 1.16 bits per heavy atom. The van der Waals surface area contributed by atoms with Crippen molar-refractivity contribution in [3.05, 3.63) is 68.0 Å². The highest BCUT2D eigenvalue weighted by Gasteiger charge is 2.08. The van der Waals surface area contributed by atoms with Crippen molar-refractivity contribution in [2.24, 2.45) is 0 Å².